The van der Waals surface area contributed by atoms with Crippen LogP contribution in [0.5, 0.6) is 5.88 Å². The molecule has 132 valence electrons. The van der Waals surface area contributed by atoms with Crippen molar-refractivity contribution in [1.29, 1.82) is 0 Å². The Hall–Kier alpha value is -2.31. The second-order valence-electron chi connectivity index (χ2n) is 6.29. The van der Waals surface area contributed by atoms with E-state index < -0.39 is 11.9 Å². The number of carboxylic acid groups (broad SMARTS) is 1. The molecule has 7 nitrogen and oxygen atoms in total. The van der Waals surface area contributed by atoms with Crippen LogP contribution in [0.25, 0.3) is 0 Å². The van der Waals surface area contributed by atoms with Crippen LogP contribution in [-0.2, 0) is 11.3 Å². The van der Waals surface area contributed by atoms with E-state index in [4.69, 9.17) is 4.74 Å². The second-order valence-corrected chi connectivity index (χ2v) is 6.29. The summed E-state index contributed by atoms with van der Waals surface area (Å²) in [4.78, 5) is 29.2. The summed E-state index contributed by atoms with van der Waals surface area (Å²) < 4.78 is 5.41. The van der Waals surface area contributed by atoms with Gasteiger partial charge in [0.15, 0.2) is 0 Å². The molecule has 2 unspecified atom stereocenters. The summed E-state index contributed by atoms with van der Waals surface area (Å²) in [6.45, 7) is 5.81. The molecule has 2 amide bonds. The van der Waals surface area contributed by atoms with Gasteiger partial charge in [-0.05, 0) is 24.3 Å². The number of aromatic nitrogens is 1. The molecule has 1 aromatic rings. The first-order valence-electron chi connectivity index (χ1n) is 8.33. The van der Waals surface area contributed by atoms with E-state index >= 15 is 0 Å². The lowest BCUT2D eigenvalue weighted by Crippen LogP contribution is -2.49. The first-order valence-corrected chi connectivity index (χ1v) is 8.33. The van der Waals surface area contributed by atoms with E-state index in [1.807, 2.05) is 19.9 Å². The van der Waals surface area contributed by atoms with Gasteiger partial charge in [-0.25, -0.2) is 9.78 Å². The molecule has 1 aromatic heterocycles. The van der Waals surface area contributed by atoms with Crippen LogP contribution in [0.15, 0.2) is 18.3 Å². The number of rotatable bonds is 6. The number of pyridine rings is 1. The third kappa shape index (κ3) is 5.11. The van der Waals surface area contributed by atoms with Crippen molar-refractivity contribution in [3.05, 3.63) is 23.9 Å². The third-order valence-corrected chi connectivity index (χ3v) is 3.99. The smallest absolute Gasteiger partial charge is 0.317 e. The van der Waals surface area contributed by atoms with Gasteiger partial charge < -0.3 is 20.1 Å². The van der Waals surface area contributed by atoms with Crippen LogP contribution in [0.2, 0.25) is 0 Å². The Morgan fingerprint density at radius 3 is 2.83 bits per heavy atom. The highest BCUT2D eigenvalue weighted by molar-refractivity contribution is 5.76. The van der Waals surface area contributed by atoms with Gasteiger partial charge in [-0.1, -0.05) is 19.9 Å². The maximum atomic E-state index is 12.3. The summed E-state index contributed by atoms with van der Waals surface area (Å²) in [6, 6.07) is 3.40. The van der Waals surface area contributed by atoms with Crippen LogP contribution < -0.4 is 10.1 Å². The van der Waals surface area contributed by atoms with Crippen molar-refractivity contribution >= 4 is 12.0 Å². The molecule has 1 aliphatic rings. The lowest BCUT2D eigenvalue weighted by molar-refractivity contribution is -0.143. The van der Waals surface area contributed by atoms with Crippen molar-refractivity contribution in [1.82, 2.24) is 15.2 Å². The second kappa shape index (κ2) is 8.52. The molecule has 0 aromatic carbocycles. The molecule has 1 saturated heterocycles. The van der Waals surface area contributed by atoms with E-state index in [0.29, 0.717) is 32.0 Å². The SMILES string of the molecule is CCCOc1ccc(CNC(=O)N2CC(C)CC(C(=O)O)C2)cn1. The van der Waals surface area contributed by atoms with Gasteiger partial charge in [0.25, 0.3) is 0 Å². The number of nitrogens with one attached hydrogen (secondary N) is 1. The Bertz CT molecular complexity index is 561. The quantitative estimate of drug-likeness (QED) is 0.831. The normalized spacial score (nSPS) is 20.5. The molecule has 2 atom stereocenters. The monoisotopic (exact) mass is 335 g/mol. The molecule has 0 radical (unpaired) electrons. The summed E-state index contributed by atoms with van der Waals surface area (Å²) in [5, 5.41) is 12.0. The molecule has 0 spiro atoms. The predicted molar refractivity (Wildman–Crippen MR) is 88.7 cm³/mol. The summed E-state index contributed by atoms with van der Waals surface area (Å²) in [5.74, 6) is -0.578. The number of amides is 2. The highest BCUT2D eigenvalue weighted by Crippen LogP contribution is 2.21. The summed E-state index contributed by atoms with van der Waals surface area (Å²) in [7, 11) is 0. The molecule has 7 heteroatoms. The van der Waals surface area contributed by atoms with Crippen molar-refractivity contribution < 1.29 is 19.4 Å². The van der Waals surface area contributed by atoms with Crippen molar-refractivity contribution in [2.45, 2.75) is 33.2 Å². The minimum atomic E-state index is -0.841. The van der Waals surface area contributed by atoms with Gasteiger partial charge >= 0.3 is 12.0 Å². The average Bonchev–Trinajstić information content (AvgIpc) is 2.58. The molecule has 2 heterocycles. The molecule has 2 N–H and O–H groups in total. The fraction of sp³-hybridized carbons (Fsp3) is 0.588. The number of carbonyl (C=O) groups excluding carboxylic acids is 1. The number of nitrogens with zero attached hydrogens (tertiary/aromatic N) is 2. The van der Waals surface area contributed by atoms with Crippen LogP contribution in [0.1, 0.15) is 32.3 Å². The third-order valence-electron chi connectivity index (χ3n) is 3.99. The van der Waals surface area contributed by atoms with Crippen LogP contribution in [0, 0.1) is 11.8 Å². The van der Waals surface area contributed by atoms with Crippen molar-refractivity contribution in [2.24, 2.45) is 11.8 Å². The van der Waals surface area contributed by atoms with Gasteiger partial charge in [-0.3, -0.25) is 4.79 Å². The van der Waals surface area contributed by atoms with Crippen LogP contribution >= 0.6 is 0 Å². The standard InChI is InChI=1S/C17H25N3O4/c1-3-6-24-15-5-4-13(8-18-15)9-19-17(23)20-10-12(2)7-14(11-20)16(21)22/h4-5,8,12,14H,3,6-7,9-11H2,1-2H3,(H,19,23)(H,21,22). The van der Waals surface area contributed by atoms with Gasteiger partial charge in [0, 0.05) is 31.9 Å². The average molecular weight is 335 g/mol. The van der Waals surface area contributed by atoms with E-state index in [9.17, 15) is 14.7 Å². The van der Waals surface area contributed by atoms with Crippen LogP contribution in [-0.4, -0.2) is 46.7 Å². The first kappa shape index (κ1) is 18.0. The molecule has 0 bridgehead atoms. The fourth-order valence-corrected chi connectivity index (χ4v) is 2.79. The number of aliphatic carboxylic acids is 1. The van der Waals surface area contributed by atoms with E-state index in [1.54, 1.807) is 17.2 Å². The Kier molecular flexibility index (Phi) is 6.40. The number of piperidine rings is 1. The van der Waals surface area contributed by atoms with E-state index in [-0.39, 0.29) is 18.5 Å². The topological polar surface area (TPSA) is 91.8 Å². The highest BCUT2D eigenvalue weighted by Gasteiger charge is 2.31. The maximum absolute atomic E-state index is 12.3. The first-order chi connectivity index (χ1) is 11.5. The number of ether oxygens (including phenoxy) is 1. The number of carboxylic acids is 1. The van der Waals surface area contributed by atoms with Gasteiger partial charge in [0.05, 0.1) is 12.5 Å². The summed E-state index contributed by atoms with van der Waals surface area (Å²) in [6.07, 6.45) is 3.21. The van der Waals surface area contributed by atoms with Crippen molar-refractivity contribution in [3.63, 3.8) is 0 Å². The van der Waals surface area contributed by atoms with Gasteiger partial charge in [0.1, 0.15) is 0 Å². The molecular formula is C17H25N3O4. The zero-order chi connectivity index (χ0) is 17.5. The number of hydrogen-bond acceptors (Lipinski definition) is 4. The minimum absolute atomic E-state index is 0.183. The number of carbonyl (C=O) groups is 2. The maximum Gasteiger partial charge on any atom is 0.317 e. The summed E-state index contributed by atoms with van der Waals surface area (Å²) in [5.41, 5.74) is 0.868. The molecule has 2 rings (SSSR count). The van der Waals surface area contributed by atoms with E-state index in [2.05, 4.69) is 10.3 Å². The largest absolute Gasteiger partial charge is 0.481 e. The Labute approximate surface area is 142 Å². The molecular weight excluding hydrogens is 310 g/mol. The molecule has 1 fully saturated rings. The fourth-order valence-electron chi connectivity index (χ4n) is 2.79. The molecule has 0 aliphatic carbocycles. The van der Waals surface area contributed by atoms with Crippen LogP contribution in [0.3, 0.4) is 0 Å². The Balaban J connectivity index is 1.84. The Morgan fingerprint density at radius 1 is 1.42 bits per heavy atom. The molecule has 24 heavy (non-hydrogen) atoms. The van der Waals surface area contributed by atoms with Gasteiger partial charge in [-0.15, -0.1) is 0 Å². The zero-order valence-corrected chi connectivity index (χ0v) is 14.2. The number of hydrogen-bond donors (Lipinski definition) is 2. The molecule has 0 saturated carbocycles. The lowest BCUT2D eigenvalue weighted by atomic mass is 9.91. The van der Waals surface area contributed by atoms with Gasteiger partial charge in [0.2, 0.25) is 5.88 Å². The summed E-state index contributed by atoms with van der Waals surface area (Å²) >= 11 is 0. The van der Waals surface area contributed by atoms with Gasteiger partial charge in [-0.2, -0.15) is 0 Å². The van der Waals surface area contributed by atoms with E-state index in [1.165, 1.54) is 0 Å². The number of likely N-dealkylation sites (tertiary alicyclic amines) is 1. The van der Waals surface area contributed by atoms with Crippen molar-refractivity contribution in [2.75, 3.05) is 19.7 Å². The zero-order valence-electron chi connectivity index (χ0n) is 14.2. The number of urea groups is 1. The highest BCUT2D eigenvalue weighted by atomic mass is 16.5. The minimum Gasteiger partial charge on any atom is -0.481 e. The predicted octanol–water partition coefficient (Wildman–Crippen LogP) is 2.12. The lowest BCUT2D eigenvalue weighted by Gasteiger charge is -2.34. The van der Waals surface area contributed by atoms with Crippen LogP contribution in [0.4, 0.5) is 4.79 Å². The Morgan fingerprint density at radius 2 is 2.21 bits per heavy atom. The van der Waals surface area contributed by atoms with E-state index in [0.717, 1.165) is 12.0 Å². The van der Waals surface area contributed by atoms with Crippen molar-refractivity contribution in [3.8, 4) is 5.88 Å². The molecule has 1 aliphatic heterocycles.